The van der Waals surface area contributed by atoms with Gasteiger partial charge >= 0.3 is 0 Å². The topological polar surface area (TPSA) is 104 Å². The zero-order valence-electron chi connectivity index (χ0n) is 23.9. The molecule has 1 fully saturated rings. The van der Waals surface area contributed by atoms with Crippen LogP contribution in [-0.2, 0) is 4.79 Å². The largest absolute Gasteiger partial charge is 0.457 e. The number of carbonyl (C=O) groups is 2. The van der Waals surface area contributed by atoms with E-state index in [1.165, 1.54) is 11.3 Å². The number of amides is 2. The van der Waals surface area contributed by atoms with Crippen LogP contribution in [-0.4, -0.2) is 64.0 Å². The van der Waals surface area contributed by atoms with Gasteiger partial charge in [0.25, 0.3) is 5.91 Å². The first-order valence-corrected chi connectivity index (χ1v) is 14.9. The highest BCUT2D eigenvalue weighted by Gasteiger charge is 2.31. The van der Waals surface area contributed by atoms with Crippen molar-refractivity contribution in [1.29, 1.82) is 0 Å². The summed E-state index contributed by atoms with van der Waals surface area (Å²) in [5, 5.41) is 7.17. The van der Waals surface area contributed by atoms with Crippen molar-refractivity contribution in [2.45, 2.75) is 38.3 Å². The lowest BCUT2D eigenvalue weighted by Crippen LogP contribution is -2.50. The maximum absolute atomic E-state index is 13.6. The molecule has 42 heavy (non-hydrogen) atoms. The van der Waals surface area contributed by atoms with E-state index in [2.05, 4.69) is 31.7 Å². The average Bonchev–Trinajstić information content (AvgIpc) is 3.54. The zero-order chi connectivity index (χ0) is 29.4. The van der Waals surface area contributed by atoms with Crippen LogP contribution in [0.15, 0.2) is 60.8 Å². The molecule has 5 aromatic rings. The lowest BCUT2D eigenvalue weighted by atomic mass is 10.1. The number of rotatable bonds is 8. The van der Waals surface area contributed by atoms with Crippen LogP contribution in [0.1, 0.15) is 34.5 Å². The number of ether oxygens (including phenoxy) is 1. The number of nitrogens with one attached hydrogen (secondary N) is 3. The molecule has 0 spiro atoms. The first-order chi connectivity index (χ1) is 20.3. The molecule has 10 heteroatoms. The number of pyridine rings is 1. The molecule has 3 heterocycles. The Balaban J connectivity index is 1.31. The van der Waals surface area contributed by atoms with Crippen molar-refractivity contribution in [3.63, 3.8) is 0 Å². The van der Waals surface area contributed by atoms with Gasteiger partial charge in [0.15, 0.2) is 0 Å². The Hall–Kier alpha value is -4.41. The smallest absolute Gasteiger partial charge is 0.263 e. The van der Waals surface area contributed by atoms with Gasteiger partial charge in [0.2, 0.25) is 5.91 Å². The molecule has 0 saturated heterocycles. The second kappa shape index (κ2) is 11.5. The summed E-state index contributed by atoms with van der Waals surface area (Å²) in [5.41, 5.74) is 4.22. The first kappa shape index (κ1) is 27.7. The molecule has 3 aromatic heterocycles. The van der Waals surface area contributed by atoms with Crippen molar-refractivity contribution < 1.29 is 14.3 Å². The van der Waals surface area contributed by atoms with E-state index >= 15 is 0 Å². The van der Waals surface area contributed by atoms with Crippen LogP contribution < -0.4 is 20.9 Å². The molecule has 3 N–H and O–H groups in total. The SMILES string of the molecule is C=c1[nH]c2c(C(=O)NC3CCCC3NC(=O)CN(C)C)sc3nccc(c32)n1-c1ccc(Oc2ccccc2)cc1C. The third kappa shape index (κ3) is 5.43. The summed E-state index contributed by atoms with van der Waals surface area (Å²) in [6.07, 6.45) is 4.37. The van der Waals surface area contributed by atoms with E-state index in [4.69, 9.17) is 4.74 Å². The van der Waals surface area contributed by atoms with Gasteiger partial charge in [0, 0.05) is 18.3 Å². The quantitative estimate of drug-likeness (QED) is 0.246. The molecule has 9 nitrogen and oxygen atoms in total. The highest BCUT2D eigenvalue weighted by atomic mass is 32.1. The van der Waals surface area contributed by atoms with E-state index in [1.54, 1.807) is 6.20 Å². The van der Waals surface area contributed by atoms with E-state index in [0.29, 0.717) is 22.4 Å². The summed E-state index contributed by atoms with van der Waals surface area (Å²) in [6, 6.07) is 17.4. The van der Waals surface area contributed by atoms with Crippen molar-refractivity contribution in [2.24, 2.45) is 0 Å². The van der Waals surface area contributed by atoms with E-state index in [-0.39, 0.29) is 23.9 Å². The van der Waals surface area contributed by atoms with Crippen LogP contribution in [0.25, 0.3) is 33.5 Å². The summed E-state index contributed by atoms with van der Waals surface area (Å²) in [7, 11) is 3.73. The molecular weight excluding hydrogens is 548 g/mol. The standard InChI is InChI=1S/C32H34N6O3S/c1-19-17-22(41-21-9-6-5-7-10-21)13-14-25(19)38-20(2)34-29-28-26(38)15-16-33-32(28)42-30(29)31(40)36-24-12-8-11-23(24)35-27(39)18-37(3)4/h5-7,9-10,13-17,23-24,34H,2,8,11-12,18H2,1,3-4H3,(H,35,39)(H,36,40). The molecule has 2 amide bonds. The van der Waals surface area contributed by atoms with E-state index in [1.807, 2.05) is 80.5 Å². The predicted octanol–water partition coefficient (Wildman–Crippen LogP) is 4.69. The van der Waals surface area contributed by atoms with Gasteiger partial charge in [-0.2, -0.15) is 0 Å². The Labute approximate surface area is 247 Å². The van der Waals surface area contributed by atoms with E-state index < -0.39 is 0 Å². The highest BCUT2D eigenvalue weighted by molar-refractivity contribution is 7.21. The molecule has 2 aromatic carbocycles. The Morgan fingerprint density at radius 1 is 1.10 bits per heavy atom. The maximum Gasteiger partial charge on any atom is 0.263 e. The van der Waals surface area contributed by atoms with Crippen LogP contribution in [0.5, 0.6) is 11.5 Å². The number of thiophene rings is 1. The van der Waals surface area contributed by atoms with Gasteiger partial charge in [0.05, 0.1) is 28.7 Å². The van der Waals surface area contributed by atoms with Crippen LogP contribution in [0.3, 0.4) is 0 Å². The van der Waals surface area contributed by atoms with Crippen molar-refractivity contribution in [2.75, 3.05) is 20.6 Å². The lowest BCUT2D eigenvalue weighted by Gasteiger charge is -2.23. The lowest BCUT2D eigenvalue weighted by molar-refractivity contribution is -0.122. The molecule has 0 bridgehead atoms. The number of hydrogen-bond donors (Lipinski definition) is 3. The minimum atomic E-state index is -0.176. The summed E-state index contributed by atoms with van der Waals surface area (Å²) < 4.78 is 8.09. The summed E-state index contributed by atoms with van der Waals surface area (Å²) in [4.78, 5) is 37.2. The summed E-state index contributed by atoms with van der Waals surface area (Å²) in [6.45, 7) is 6.68. The number of aromatic nitrogens is 3. The van der Waals surface area contributed by atoms with Crippen molar-refractivity contribution in [1.82, 2.24) is 30.1 Å². The predicted molar refractivity (Wildman–Crippen MR) is 167 cm³/mol. The van der Waals surface area contributed by atoms with Crippen molar-refractivity contribution >= 4 is 51.0 Å². The number of hydrogen-bond acceptors (Lipinski definition) is 6. The van der Waals surface area contributed by atoms with Crippen LogP contribution in [0.2, 0.25) is 0 Å². The van der Waals surface area contributed by atoms with Gasteiger partial charge < -0.3 is 25.3 Å². The van der Waals surface area contributed by atoms with Gasteiger partial charge in [0.1, 0.15) is 26.7 Å². The second-order valence-electron chi connectivity index (χ2n) is 11.0. The Bertz CT molecular complexity index is 1840. The summed E-state index contributed by atoms with van der Waals surface area (Å²) in [5.74, 6) is 1.31. The number of benzene rings is 2. The second-order valence-corrected chi connectivity index (χ2v) is 12.0. The van der Waals surface area contributed by atoms with Gasteiger partial charge in [-0.3, -0.25) is 14.2 Å². The van der Waals surface area contributed by atoms with Crippen molar-refractivity contribution in [3.8, 4) is 17.2 Å². The minimum absolute atomic E-state index is 0.0371. The highest BCUT2D eigenvalue weighted by Crippen LogP contribution is 2.35. The zero-order valence-corrected chi connectivity index (χ0v) is 24.8. The number of H-pyrrole nitrogens is 1. The van der Waals surface area contributed by atoms with Crippen molar-refractivity contribution in [3.05, 3.63) is 76.7 Å². The Morgan fingerprint density at radius 2 is 1.86 bits per heavy atom. The van der Waals surface area contributed by atoms with Gasteiger partial charge in [-0.1, -0.05) is 24.8 Å². The molecular formula is C32H34N6O3S. The molecule has 2 unspecified atom stereocenters. The average molecular weight is 583 g/mol. The number of carbonyl (C=O) groups excluding carboxylic acids is 2. The Morgan fingerprint density at radius 3 is 2.60 bits per heavy atom. The number of likely N-dealkylation sites (N-methyl/N-ethyl adjacent to an activating group) is 1. The van der Waals surface area contributed by atoms with Gasteiger partial charge in [-0.25, -0.2) is 4.98 Å². The molecule has 0 radical (unpaired) electrons. The summed E-state index contributed by atoms with van der Waals surface area (Å²) >= 11 is 1.36. The fraction of sp³-hybridized carbons (Fsp3) is 0.281. The number of para-hydroxylation sites is 1. The molecule has 2 atom stereocenters. The maximum atomic E-state index is 13.6. The fourth-order valence-corrected chi connectivity index (χ4v) is 6.76. The molecule has 1 saturated carbocycles. The third-order valence-corrected chi connectivity index (χ3v) is 8.68. The number of nitrogens with zero attached hydrogens (tertiary/aromatic N) is 3. The Kier molecular flexibility index (Phi) is 7.57. The van der Waals surface area contributed by atoms with Crippen LogP contribution in [0.4, 0.5) is 0 Å². The van der Waals surface area contributed by atoms with E-state index in [9.17, 15) is 9.59 Å². The number of aromatic amines is 1. The molecule has 216 valence electrons. The monoisotopic (exact) mass is 582 g/mol. The van der Waals surface area contributed by atoms with Gasteiger partial charge in [-0.05, 0) is 82.2 Å². The molecule has 1 aliphatic carbocycles. The van der Waals surface area contributed by atoms with E-state index in [0.717, 1.165) is 57.7 Å². The van der Waals surface area contributed by atoms with Crippen LogP contribution in [0, 0.1) is 6.92 Å². The first-order valence-electron chi connectivity index (χ1n) is 14.0. The normalized spacial score (nSPS) is 16.8. The third-order valence-electron chi connectivity index (χ3n) is 7.58. The molecule has 0 aliphatic heterocycles. The van der Waals surface area contributed by atoms with Crippen LogP contribution >= 0.6 is 11.3 Å². The number of aryl methyl sites for hydroxylation is 1. The molecule has 6 rings (SSSR count). The minimum Gasteiger partial charge on any atom is -0.457 e. The van der Waals surface area contributed by atoms with Gasteiger partial charge in [-0.15, -0.1) is 11.3 Å². The fourth-order valence-electron chi connectivity index (χ4n) is 5.74. The molecule has 1 aliphatic rings.